The van der Waals surface area contributed by atoms with Crippen molar-refractivity contribution < 1.29 is 4.79 Å². The second-order valence-electron chi connectivity index (χ2n) is 6.27. The Morgan fingerprint density at radius 2 is 1.92 bits per heavy atom. The number of carbonyl (C=O) groups excluding carboxylic acids is 1. The number of carbonyl (C=O) groups is 1. The van der Waals surface area contributed by atoms with Gasteiger partial charge in [0.1, 0.15) is 0 Å². The lowest BCUT2D eigenvalue weighted by Gasteiger charge is -2.31. The summed E-state index contributed by atoms with van der Waals surface area (Å²) in [5.74, 6) is 0.346. The van der Waals surface area contributed by atoms with Gasteiger partial charge in [0.15, 0.2) is 5.13 Å². The van der Waals surface area contributed by atoms with Crippen molar-refractivity contribution >= 4 is 57.4 Å². The summed E-state index contributed by atoms with van der Waals surface area (Å²) in [7, 11) is 0. The van der Waals surface area contributed by atoms with Gasteiger partial charge in [0.25, 0.3) is 0 Å². The summed E-state index contributed by atoms with van der Waals surface area (Å²) in [4.78, 5) is 19.3. The van der Waals surface area contributed by atoms with Gasteiger partial charge in [-0.1, -0.05) is 30.4 Å². The van der Waals surface area contributed by atoms with E-state index in [-0.39, 0.29) is 36.6 Å². The molecule has 26 heavy (non-hydrogen) atoms. The molecular formula is C18H28Cl2N4OS. The van der Waals surface area contributed by atoms with Crippen LogP contribution in [0.4, 0.5) is 5.13 Å². The van der Waals surface area contributed by atoms with Gasteiger partial charge in [-0.15, -0.1) is 24.8 Å². The maximum atomic E-state index is 12.2. The van der Waals surface area contributed by atoms with E-state index in [0.717, 1.165) is 62.6 Å². The molecule has 0 radical (unpaired) electrons. The van der Waals surface area contributed by atoms with Gasteiger partial charge in [0.05, 0.1) is 10.2 Å². The third-order valence-corrected chi connectivity index (χ3v) is 5.54. The lowest BCUT2D eigenvalue weighted by atomic mass is 9.96. The molecule has 1 aromatic carbocycles. The van der Waals surface area contributed by atoms with E-state index in [0.29, 0.717) is 0 Å². The number of nitrogens with zero attached hydrogens (tertiary/aromatic N) is 2. The van der Waals surface area contributed by atoms with Crippen molar-refractivity contribution in [3.05, 3.63) is 24.3 Å². The summed E-state index contributed by atoms with van der Waals surface area (Å²) >= 11 is 1.74. The lowest BCUT2D eigenvalue weighted by Crippen LogP contribution is -2.42. The predicted octanol–water partition coefficient (Wildman–Crippen LogP) is 3.47. The first-order valence-electron chi connectivity index (χ1n) is 8.87. The van der Waals surface area contributed by atoms with Gasteiger partial charge in [0.2, 0.25) is 5.91 Å². The van der Waals surface area contributed by atoms with E-state index in [1.165, 1.54) is 4.70 Å². The topological polar surface area (TPSA) is 57.3 Å². The zero-order chi connectivity index (χ0) is 16.8. The number of amides is 1. The molecule has 1 aromatic heterocycles. The number of rotatable bonds is 7. The number of piperidine rings is 1. The average Bonchev–Trinajstić information content (AvgIpc) is 3.05. The SMILES string of the molecule is CCCNCCNC(=O)C1CCN(c2nc3ccccc3s2)CC1.Cl.Cl. The standard InChI is InChI=1S/C18H26N4OS.2ClH/c1-2-9-19-10-11-20-17(23)14-7-12-22(13-8-14)18-21-15-5-3-4-6-16(15)24-18;;/h3-6,14,19H,2,7-13H2,1H3,(H,20,23);2*1H. The third kappa shape index (κ3) is 5.98. The Hall–Kier alpha value is -1.08. The van der Waals surface area contributed by atoms with Crippen LogP contribution in [-0.2, 0) is 4.79 Å². The van der Waals surface area contributed by atoms with Crippen molar-refractivity contribution in [3.63, 3.8) is 0 Å². The van der Waals surface area contributed by atoms with Crippen LogP contribution in [0.1, 0.15) is 26.2 Å². The minimum Gasteiger partial charge on any atom is -0.355 e. The van der Waals surface area contributed by atoms with Gasteiger partial charge in [-0.25, -0.2) is 4.98 Å². The van der Waals surface area contributed by atoms with Gasteiger partial charge in [0, 0.05) is 32.1 Å². The molecule has 2 heterocycles. The van der Waals surface area contributed by atoms with Crippen LogP contribution in [0.25, 0.3) is 10.2 Å². The van der Waals surface area contributed by atoms with Crippen LogP contribution in [0.15, 0.2) is 24.3 Å². The van der Waals surface area contributed by atoms with E-state index in [2.05, 4.69) is 40.7 Å². The van der Waals surface area contributed by atoms with Gasteiger partial charge >= 0.3 is 0 Å². The van der Waals surface area contributed by atoms with E-state index in [1.54, 1.807) is 11.3 Å². The fourth-order valence-corrected chi connectivity index (χ4v) is 4.07. The van der Waals surface area contributed by atoms with Crippen LogP contribution in [0.2, 0.25) is 0 Å². The Labute approximate surface area is 171 Å². The van der Waals surface area contributed by atoms with Crippen LogP contribution >= 0.6 is 36.2 Å². The molecule has 1 aliphatic heterocycles. The summed E-state index contributed by atoms with van der Waals surface area (Å²) in [5, 5.41) is 7.44. The molecule has 0 saturated carbocycles. The molecule has 0 aliphatic carbocycles. The fraction of sp³-hybridized carbons (Fsp3) is 0.556. The van der Waals surface area contributed by atoms with Crippen LogP contribution in [-0.4, -0.2) is 43.6 Å². The Bertz CT molecular complexity index is 641. The number of hydrogen-bond donors (Lipinski definition) is 2. The number of halogens is 2. The summed E-state index contributed by atoms with van der Waals surface area (Å²) in [6.45, 7) is 6.54. The molecule has 0 unspecified atom stereocenters. The fourth-order valence-electron chi connectivity index (χ4n) is 3.05. The number of thiazole rings is 1. The molecule has 1 saturated heterocycles. The maximum Gasteiger partial charge on any atom is 0.223 e. The summed E-state index contributed by atoms with van der Waals surface area (Å²) in [5.41, 5.74) is 1.07. The van der Waals surface area contributed by atoms with Crippen molar-refractivity contribution in [3.8, 4) is 0 Å². The Kier molecular flexibility index (Phi) is 10.2. The van der Waals surface area contributed by atoms with Crippen LogP contribution in [0, 0.1) is 5.92 Å². The number of aromatic nitrogens is 1. The van der Waals surface area contributed by atoms with E-state index in [4.69, 9.17) is 4.98 Å². The Morgan fingerprint density at radius 3 is 2.62 bits per heavy atom. The van der Waals surface area contributed by atoms with Crippen molar-refractivity contribution in [1.82, 2.24) is 15.6 Å². The molecule has 1 amide bonds. The summed E-state index contributed by atoms with van der Waals surface area (Å²) < 4.78 is 1.23. The molecule has 146 valence electrons. The van der Waals surface area contributed by atoms with Gasteiger partial charge in [-0.3, -0.25) is 4.79 Å². The number of para-hydroxylation sites is 1. The van der Waals surface area contributed by atoms with E-state index >= 15 is 0 Å². The van der Waals surface area contributed by atoms with Crippen molar-refractivity contribution in [1.29, 1.82) is 0 Å². The van der Waals surface area contributed by atoms with Gasteiger partial charge in [-0.05, 0) is 37.9 Å². The molecule has 0 bridgehead atoms. The molecular weight excluding hydrogens is 391 g/mol. The molecule has 2 aromatic rings. The molecule has 2 N–H and O–H groups in total. The van der Waals surface area contributed by atoms with E-state index < -0.39 is 0 Å². The summed E-state index contributed by atoms with van der Waals surface area (Å²) in [6, 6.07) is 8.25. The average molecular weight is 419 g/mol. The van der Waals surface area contributed by atoms with Gasteiger partial charge in [-0.2, -0.15) is 0 Å². The van der Waals surface area contributed by atoms with Crippen LogP contribution in [0.5, 0.6) is 0 Å². The largest absolute Gasteiger partial charge is 0.355 e. The highest BCUT2D eigenvalue weighted by Gasteiger charge is 2.26. The van der Waals surface area contributed by atoms with Crippen LogP contribution in [0.3, 0.4) is 0 Å². The first-order chi connectivity index (χ1) is 11.8. The molecule has 0 spiro atoms. The minimum atomic E-state index is 0. The molecule has 1 fully saturated rings. The number of fused-ring (bicyclic) bond motifs is 1. The zero-order valence-corrected chi connectivity index (χ0v) is 17.5. The van der Waals surface area contributed by atoms with Crippen molar-refractivity contribution in [2.75, 3.05) is 37.6 Å². The highest BCUT2D eigenvalue weighted by molar-refractivity contribution is 7.22. The Morgan fingerprint density at radius 1 is 1.19 bits per heavy atom. The highest BCUT2D eigenvalue weighted by atomic mass is 35.5. The second-order valence-corrected chi connectivity index (χ2v) is 7.28. The first-order valence-corrected chi connectivity index (χ1v) is 9.68. The highest BCUT2D eigenvalue weighted by Crippen LogP contribution is 2.31. The van der Waals surface area contributed by atoms with Crippen molar-refractivity contribution in [2.45, 2.75) is 26.2 Å². The molecule has 1 aliphatic rings. The minimum absolute atomic E-state index is 0. The molecule has 3 rings (SSSR count). The predicted molar refractivity (Wildman–Crippen MR) is 115 cm³/mol. The molecule has 0 atom stereocenters. The monoisotopic (exact) mass is 418 g/mol. The zero-order valence-electron chi connectivity index (χ0n) is 15.1. The van der Waals surface area contributed by atoms with Gasteiger partial charge < -0.3 is 15.5 Å². The second kappa shape index (κ2) is 11.6. The first kappa shape index (κ1) is 23.0. The molecule has 5 nitrogen and oxygen atoms in total. The number of hydrogen-bond acceptors (Lipinski definition) is 5. The van der Waals surface area contributed by atoms with Crippen molar-refractivity contribution in [2.24, 2.45) is 5.92 Å². The normalized spacial score (nSPS) is 14.6. The lowest BCUT2D eigenvalue weighted by molar-refractivity contribution is -0.125. The summed E-state index contributed by atoms with van der Waals surface area (Å²) in [6.07, 6.45) is 2.94. The number of benzene rings is 1. The van der Waals surface area contributed by atoms with E-state index in [1.807, 2.05) is 6.07 Å². The number of nitrogens with one attached hydrogen (secondary N) is 2. The molecule has 8 heteroatoms. The number of anilines is 1. The smallest absolute Gasteiger partial charge is 0.223 e. The Balaban J connectivity index is 0.00000169. The quantitative estimate of drug-likeness (QED) is 0.675. The van der Waals surface area contributed by atoms with Crippen LogP contribution < -0.4 is 15.5 Å². The van der Waals surface area contributed by atoms with E-state index in [9.17, 15) is 4.79 Å². The maximum absolute atomic E-state index is 12.2. The third-order valence-electron chi connectivity index (χ3n) is 4.45.